The van der Waals surface area contributed by atoms with E-state index in [4.69, 9.17) is 26.2 Å². The molecular weight excluding hydrogens is 358 g/mol. The van der Waals surface area contributed by atoms with E-state index in [1.807, 2.05) is 0 Å². The molecule has 1 aromatic carbocycles. The van der Waals surface area contributed by atoms with Gasteiger partial charge in [0.1, 0.15) is 18.1 Å². The molecule has 24 heavy (non-hydrogen) atoms. The number of rotatable bonds is 4. The smallest absolute Gasteiger partial charge is 0.306 e. The van der Waals surface area contributed by atoms with E-state index in [1.165, 1.54) is 12.1 Å². The molecule has 1 aromatic rings. The second-order valence-corrected chi connectivity index (χ2v) is 8.02. The Morgan fingerprint density at radius 2 is 1.71 bits per heavy atom. The molecule has 1 aliphatic carbocycles. The molecule has 2 N–H and O–H groups in total. The van der Waals surface area contributed by atoms with E-state index in [0.29, 0.717) is 50.4 Å². The number of hydrogen-bond donors (Lipinski definition) is 2. The van der Waals surface area contributed by atoms with Crippen LogP contribution in [0.5, 0.6) is 11.5 Å². The first-order valence-electron chi connectivity index (χ1n) is 7.71. The van der Waals surface area contributed by atoms with Crippen molar-refractivity contribution in [2.75, 3.05) is 13.2 Å². The highest BCUT2D eigenvalue weighted by Gasteiger charge is 2.30. The fourth-order valence-corrected chi connectivity index (χ4v) is 4.83. The van der Waals surface area contributed by atoms with E-state index < -0.39 is 21.9 Å². The molecule has 0 aromatic heterocycles. The van der Waals surface area contributed by atoms with Gasteiger partial charge >= 0.3 is 5.97 Å². The molecule has 9 heteroatoms. The summed E-state index contributed by atoms with van der Waals surface area (Å²) in [5, 5.41) is 9.06. The van der Waals surface area contributed by atoms with Crippen LogP contribution in [0.4, 0.5) is 0 Å². The number of ether oxygens (including phenoxy) is 2. The number of carboxylic acids is 1. The molecule has 0 amide bonds. The van der Waals surface area contributed by atoms with Gasteiger partial charge in [-0.05, 0) is 25.7 Å². The Morgan fingerprint density at radius 3 is 2.29 bits per heavy atom. The number of nitrogens with one attached hydrogen (secondary N) is 1. The fourth-order valence-electron chi connectivity index (χ4n) is 2.99. The molecule has 0 radical (unpaired) electrons. The van der Waals surface area contributed by atoms with Crippen LogP contribution in [0, 0.1) is 5.92 Å². The number of benzene rings is 1. The Bertz CT molecular complexity index is 743. The van der Waals surface area contributed by atoms with Crippen molar-refractivity contribution in [3.05, 3.63) is 17.2 Å². The molecule has 0 bridgehead atoms. The summed E-state index contributed by atoms with van der Waals surface area (Å²) >= 11 is 6.10. The molecule has 0 unspecified atom stereocenters. The highest BCUT2D eigenvalue weighted by molar-refractivity contribution is 7.89. The molecule has 7 nitrogen and oxygen atoms in total. The molecule has 0 spiro atoms. The van der Waals surface area contributed by atoms with Gasteiger partial charge in [0, 0.05) is 18.2 Å². The monoisotopic (exact) mass is 375 g/mol. The van der Waals surface area contributed by atoms with Gasteiger partial charge in [0.15, 0.2) is 11.5 Å². The minimum atomic E-state index is -3.83. The van der Waals surface area contributed by atoms with E-state index >= 15 is 0 Å². The van der Waals surface area contributed by atoms with Gasteiger partial charge in [-0.15, -0.1) is 0 Å². The fraction of sp³-hybridized carbons (Fsp3) is 0.533. The largest absolute Gasteiger partial charge is 0.486 e. The summed E-state index contributed by atoms with van der Waals surface area (Å²) in [6.07, 6.45) is 1.88. The van der Waals surface area contributed by atoms with Gasteiger partial charge in [0.05, 0.1) is 10.9 Å². The Hall–Kier alpha value is -1.51. The van der Waals surface area contributed by atoms with Gasteiger partial charge in [0.2, 0.25) is 10.0 Å². The number of sulfonamides is 1. The Morgan fingerprint density at radius 1 is 1.12 bits per heavy atom. The van der Waals surface area contributed by atoms with Gasteiger partial charge in [-0.2, -0.15) is 0 Å². The molecule has 132 valence electrons. The summed E-state index contributed by atoms with van der Waals surface area (Å²) in [5.74, 6) is -0.456. The van der Waals surface area contributed by atoms with Gasteiger partial charge < -0.3 is 14.6 Å². The SMILES string of the molecule is O=C(O)C1CCC(NS(=O)(=O)c2cc3c(cc2Cl)OCCO3)CC1. The lowest BCUT2D eigenvalue weighted by Gasteiger charge is -2.27. The minimum Gasteiger partial charge on any atom is -0.486 e. The summed E-state index contributed by atoms with van der Waals surface area (Å²) in [4.78, 5) is 10.9. The standard InChI is InChI=1S/C15H18ClNO6S/c16-11-7-12-13(23-6-5-22-12)8-14(11)24(20,21)17-10-3-1-9(2-4-10)15(18)19/h7-10,17H,1-6H2,(H,18,19). The number of fused-ring (bicyclic) bond motifs is 1. The third-order valence-corrected chi connectivity index (χ3v) is 6.27. The lowest BCUT2D eigenvalue weighted by atomic mass is 9.87. The van der Waals surface area contributed by atoms with E-state index in [2.05, 4.69) is 4.72 Å². The van der Waals surface area contributed by atoms with Crippen molar-refractivity contribution < 1.29 is 27.8 Å². The molecular formula is C15H18ClNO6S. The highest BCUT2D eigenvalue weighted by atomic mass is 35.5. The number of hydrogen-bond acceptors (Lipinski definition) is 5. The zero-order valence-corrected chi connectivity index (χ0v) is 14.4. The third-order valence-electron chi connectivity index (χ3n) is 4.28. The maximum absolute atomic E-state index is 12.6. The molecule has 1 aliphatic heterocycles. The second-order valence-electron chi connectivity index (χ2n) is 5.93. The molecule has 0 saturated heterocycles. The van der Waals surface area contributed by atoms with Crippen LogP contribution in [0.3, 0.4) is 0 Å². The van der Waals surface area contributed by atoms with Crippen molar-refractivity contribution in [3.63, 3.8) is 0 Å². The van der Waals surface area contributed by atoms with E-state index in [1.54, 1.807) is 0 Å². The Labute approximate surface area is 145 Å². The number of carboxylic acid groups (broad SMARTS) is 1. The van der Waals surface area contributed by atoms with Crippen LogP contribution < -0.4 is 14.2 Å². The first kappa shape index (κ1) is 17.3. The minimum absolute atomic E-state index is 0.0611. The quantitative estimate of drug-likeness (QED) is 0.834. The Balaban J connectivity index is 1.75. The van der Waals surface area contributed by atoms with Crippen molar-refractivity contribution in [2.24, 2.45) is 5.92 Å². The van der Waals surface area contributed by atoms with Crippen LogP contribution in [0.2, 0.25) is 5.02 Å². The van der Waals surface area contributed by atoms with E-state index in [0.717, 1.165) is 0 Å². The van der Waals surface area contributed by atoms with Crippen LogP contribution in [0.1, 0.15) is 25.7 Å². The molecule has 3 rings (SSSR count). The second kappa shape index (κ2) is 6.78. The van der Waals surface area contributed by atoms with E-state index in [-0.39, 0.29) is 16.0 Å². The average molecular weight is 376 g/mol. The van der Waals surface area contributed by atoms with E-state index in [9.17, 15) is 13.2 Å². The predicted octanol–water partition coefficient (Wildman–Crippen LogP) is 2.03. The highest BCUT2D eigenvalue weighted by Crippen LogP contribution is 2.37. The van der Waals surface area contributed by atoms with Crippen molar-refractivity contribution >= 4 is 27.6 Å². The van der Waals surface area contributed by atoms with Gasteiger partial charge in [-0.1, -0.05) is 11.6 Å². The number of carbonyl (C=O) groups is 1. The van der Waals surface area contributed by atoms with Crippen LogP contribution in [0.15, 0.2) is 17.0 Å². The van der Waals surface area contributed by atoms with Crippen LogP contribution in [0.25, 0.3) is 0 Å². The predicted molar refractivity (Wildman–Crippen MR) is 86.1 cm³/mol. The number of aliphatic carboxylic acids is 1. The molecule has 1 fully saturated rings. The van der Waals surface area contributed by atoms with Gasteiger partial charge in [-0.25, -0.2) is 13.1 Å². The zero-order chi connectivity index (χ0) is 17.3. The summed E-state index contributed by atoms with van der Waals surface area (Å²) in [7, 11) is -3.83. The van der Waals surface area contributed by atoms with Gasteiger partial charge in [-0.3, -0.25) is 4.79 Å². The lowest BCUT2D eigenvalue weighted by Crippen LogP contribution is -2.38. The maximum atomic E-state index is 12.6. The van der Waals surface area contributed by atoms with Gasteiger partial charge in [0.25, 0.3) is 0 Å². The molecule has 1 heterocycles. The summed E-state index contributed by atoms with van der Waals surface area (Å²) < 4.78 is 38.6. The molecule has 0 atom stereocenters. The molecule has 2 aliphatic rings. The summed E-state index contributed by atoms with van der Waals surface area (Å²) in [6.45, 7) is 0.737. The number of halogens is 1. The van der Waals surface area contributed by atoms with Crippen LogP contribution in [-0.2, 0) is 14.8 Å². The summed E-state index contributed by atoms with van der Waals surface area (Å²) in [6, 6.07) is 2.50. The van der Waals surface area contributed by atoms with Crippen LogP contribution in [-0.4, -0.2) is 38.7 Å². The average Bonchev–Trinajstić information content (AvgIpc) is 2.54. The zero-order valence-electron chi connectivity index (χ0n) is 12.8. The Kier molecular flexibility index (Phi) is 4.89. The van der Waals surface area contributed by atoms with Crippen molar-refractivity contribution in [3.8, 4) is 11.5 Å². The molecule has 1 saturated carbocycles. The maximum Gasteiger partial charge on any atom is 0.306 e. The van der Waals surface area contributed by atoms with Crippen molar-refractivity contribution in [1.82, 2.24) is 4.72 Å². The first-order chi connectivity index (χ1) is 11.4. The summed E-state index contributed by atoms with van der Waals surface area (Å²) in [5.41, 5.74) is 0. The van der Waals surface area contributed by atoms with Crippen LogP contribution >= 0.6 is 11.6 Å². The lowest BCUT2D eigenvalue weighted by molar-refractivity contribution is -0.142. The normalized spacial score (nSPS) is 23.7. The first-order valence-corrected chi connectivity index (χ1v) is 9.57. The van der Waals surface area contributed by atoms with Crippen molar-refractivity contribution in [1.29, 1.82) is 0 Å². The topological polar surface area (TPSA) is 102 Å². The third kappa shape index (κ3) is 3.60. The van der Waals surface area contributed by atoms with Crippen molar-refractivity contribution in [2.45, 2.75) is 36.6 Å².